The molecule has 0 heterocycles. The Hall–Kier alpha value is -1.61. The maximum absolute atomic E-state index is 5.76. The van der Waals surface area contributed by atoms with Crippen LogP contribution in [-0.2, 0) is 0 Å². The van der Waals surface area contributed by atoms with Gasteiger partial charge in [-0.2, -0.15) is 12.6 Å². The molecule has 2 nitrogen and oxygen atoms in total. The lowest BCUT2D eigenvalue weighted by Gasteiger charge is -2.11. The van der Waals surface area contributed by atoms with Crippen LogP contribution in [-0.4, -0.2) is 12.4 Å². The average molecular weight is 246 g/mol. The molecule has 2 aromatic carbocycles. The Morgan fingerprint density at radius 1 is 0.824 bits per heavy atom. The highest BCUT2D eigenvalue weighted by molar-refractivity contribution is 7.80. The minimum Gasteiger partial charge on any atom is -0.489 e. The van der Waals surface area contributed by atoms with Crippen LogP contribution in [0.2, 0.25) is 0 Å². The van der Waals surface area contributed by atoms with E-state index >= 15 is 0 Å². The smallest absolute Gasteiger partial charge is 0.169 e. The number of para-hydroxylation sites is 3. The molecule has 0 radical (unpaired) electrons. The van der Waals surface area contributed by atoms with E-state index in [1.54, 1.807) is 0 Å². The molecule has 2 rings (SSSR count). The maximum Gasteiger partial charge on any atom is 0.169 e. The number of hydrogen-bond acceptors (Lipinski definition) is 3. The van der Waals surface area contributed by atoms with Gasteiger partial charge in [0.15, 0.2) is 11.5 Å². The summed E-state index contributed by atoms with van der Waals surface area (Å²) >= 11 is 4.12. The molecule has 0 unspecified atom stereocenters. The normalized spacial score (nSPS) is 9.94. The SMILES string of the molecule is SCCOc1ccccc1Oc1ccccc1. The van der Waals surface area contributed by atoms with E-state index in [-0.39, 0.29) is 0 Å². The summed E-state index contributed by atoms with van der Waals surface area (Å²) in [5.74, 6) is 2.94. The van der Waals surface area contributed by atoms with Crippen molar-refractivity contribution in [2.24, 2.45) is 0 Å². The molecule has 0 aliphatic carbocycles. The lowest BCUT2D eigenvalue weighted by molar-refractivity contribution is 0.325. The van der Waals surface area contributed by atoms with E-state index in [1.807, 2.05) is 54.6 Å². The zero-order valence-electron chi connectivity index (χ0n) is 9.37. The standard InChI is InChI=1S/C14H14O2S/c17-11-10-15-13-8-4-5-9-14(13)16-12-6-2-1-3-7-12/h1-9,17H,10-11H2. The van der Waals surface area contributed by atoms with Gasteiger partial charge in [0.2, 0.25) is 0 Å². The summed E-state index contributed by atoms with van der Waals surface area (Å²) < 4.78 is 11.3. The van der Waals surface area contributed by atoms with E-state index in [4.69, 9.17) is 9.47 Å². The number of thiol groups is 1. The fraction of sp³-hybridized carbons (Fsp3) is 0.143. The molecule has 0 fully saturated rings. The average Bonchev–Trinajstić information content (AvgIpc) is 2.39. The van der Waals surface area contributed by atoms with Crippen molar-refractivity contribution in [1.82, 2.24) is 0 Å². The van der Waals surface area contributed by atoms with Crippen molar-refractivity contribution in [2.75, 3.05) is 12.4 Å². The van der Waals surface area contributed by atoms with E-state index < -0.39 is 0 Å². The molecule has 0 atom stereocenters. The van der Waals surface area contributed by atoms with Gasteiger partial charge in [0.25, 0.3) is 0 Å². The highest BCUT2D eigenvalue weighted by Gasteiger charge is 2.04. The molecule has 0 aromatic heterocycles. The fourth-order valence-electron chi connectivity index (χ4n) is 1.42. The predicted octanol–water partition coefficient (Wildman–Crippen LogP) is 3.79. The van der Waals surface area contributed by atoms with Gasteiger partial charge in [0.05, 0.1) is 6.61 Å². The zero-order chi connectivity index (χ0) is 11.9. The number of benzene rings is 2. The molecule has 0 spiro atoms. The third-order valence-corrected chi connectivity index (χ3v) is 2.35. The summed E-state index contributed by atoms with van der Waals surface area (Å²) in [5, 5.41) is 0. The van der Waals surface area contributed by atoms with Crippen LogP contribution in [0.4, 0.5) is 0 Å². The van der Waals surface area contributed by atoms with Gasteiger partial charge in [-0.25, -0.2) is 0 Å². The summed E-state index contributed by atoms with van der Waals surface area (Å²) in [6.07, 6.45) is 0. The Balaban J connectivity index is 2.15. The van der Waals surface area contributed by atoms with Gasteiger partial charge in [-0.05, 0) is 24.3 Å². The fourth-order valence-corrected chi connectivity index (χ4v) is 1.52. The summed E-state index contributed by atoms with van der Waals surface area (Å²) in [6, 6.07) is 17.3. The van der Waals surface area contributed by atoms with Gasteiger partial charge in [-0.1, -0.05) is 30.3 Å². The first-order chi connectivity index (χ1) is 8.40. The van der Waals surface area contributed by atoms with Crippen LogP contribution in [0, 0.1) is 0 Å². The number of hydrogen-bond donors (Lipinski definition) is 1. The van der Waals surface area contributed by atoms with E-state index in [9.17, 15) is 0 Å². The molecule has 0 amide bonds. The van der Waals surface area contributed by atoms with Crippen LogP contribution in [0.15, 0.2) is 54.6 Å². The molecule has 0 bridgehead atoms. The van der Waals surface area contributed by atoms with Crippen LogP contribution >= 0.6 is 12.6 Å². The first kappa shape index (κ1) is 11.9. The Morgan fingerprint density at radius 3 is 2.18 bits per heavy atom. The van der Waals surface area contributed by atoms with Gasteiger partial charge < -0.3 is 9.47 Å². The zero-order valence-corrected chi connectivity index (χ0v) is 10.3. The largest absolute Gasteiger partial charge is 0.489 e. The molecule has 88 valence electrons. The van der Waals surface area contributed by atoms with Crippen LogP contribution in [0.3, 0.4) is 0 Å². The summed E-state index contributed by atoms with van der Waals surface area (Å²) in [6.45, 7) is 0.568. The summed E-state index contributed by atoms with van der Waals surface area (Å²) in [7, 11) is 0. The molecule has 3 heteroatoms. The Bertz CT molecular complexity index is 457. The second-order valence-corrected chi connectivity index (χ2v) is 3.88. The Labute approximate surface area is 107 Å². The molecule has 0 aliphatic rings. The van der Waals surface area contributed by atoms with E-state index in [0.29, 0.717) is 12.4 Å². The molecule has 17 heavy (non-hydrogen) atoms. The first-order valence-corrected chi connectivity index (χ1v) is 6.09. The third-order valence-electron chi connectivity index (χ3n) is 2.17. The number of ether oxygens (including phenoxy) is 2. The summed E-state index contributed by atoms with van der Waals surface area (Å²) in [5.41, 5.74) is 0. The van der Waals surface area contributed by atoms with Gasteiger partial charge in [-0.3, -0.25) is 0 Å². The quantitative estimate of drug-likeness (QED) is 0.809. The lowest BCUT2D eigenvalue weighted by Crippen LogP contribution is -1.99. The third kappa shape index (κ3) is 3.43. The van der Waals surface area contributed by atoms with Gasteiger partial charge in [-0.15, -0.1) is 0 Å². The van der Waals surface area contributed by atoms with Crippen molar-refractivity contribution < 1.29 is 9.47 Å². The molecule has 0 aliphatic heterocycles. The monoisotopic (exact) mass is 246 g/mol. The van der Waals surface area contributed by atoms with Crippen molar-refractivity contribution in [3.05, 3.63) is 54.6 Å². The van der Waals surface area contributed by atoms with Crippen LogP contribution in [0.5, 0.6) is 17.2 Å². The van der Waals surface area contributed by atoms with E-state index in [0.717, 1.165) is 17.2 Å². The second-order valence-electron chi connectivity index (χ2n) is 3.43. The van der Waals surface area contributed by atoms with Crippen LogP contribution in [0.1, 0.15) is 0 Å². The molecule has 2 aromatic rings. The molecular formula is C14H14O2S. The van der Waals surface area contributed by atoms with Crippen LogP contribution in [0.25, 0.3) is 0 Å². The van der Waals surface area contributed by atoms with Gasteiger partial charge in [0.1, 0.15) is 5.75 Å². The highest BCUT2D eigenvalue weighted by Crippen LogP contribution is 2.30. The predicted molar refractivity (Wildman–Crippen MR) is 72.3 cm³/mol. The molecular weight excluding hydrogens is 232 g/mol. The minimum absolute atomic E-state index is 0.568. The van der Waals surface area contributed by atoms with Crippen molar-refractivity contribution in [3.8, 4) is 17.2 Å². The van der Waals surface area contributed by atoms with E-state index in [1.165, 1.54) is 0 Å². The van der Waals surface area contributed by atoms with E-state index in [2.05, 4.69) is 12.6 Å². The highest BCUT2D eigenvalue weighted by atomic mass is 32.1. The van der Waals surface area contributed by atoms with Crippen molar-refractivity contribution in [2.45, 2.75) is 0 Å². The van der Waals surface area contributed by atoms with Crippen molar-refractivity contribution in [3.63, 3.8) is 0 Å². The number of rotatable bonds is 5. The van der Waals surface area contributed by atoms with Crippen molar-refractivity contribution >= 4 is 12.6 Å². The molecule has 0 N–H and O–H groups in total. The van der Waals surface area contributed by atoms with Crippen molar-refractivity contribution in [1.29, 1.82) is 0 Å². The summed E-state index contributed by atoms with van der Waals surface area (Å²) in [4.78, 5) is 0. The first-order valence-electron chi connectivity index (χ1n) is 5.46. The Kier molecular flexibility index (Phi) is 4.33. The second kappa shape index (κ2) is 6.21. The maximum atomic E-state index is 5.76. The van der Waals surface area contributed by atoms with Crippen LogP contribution < -0.4 is 9.47 Å². The van der Waals surface area contributed by atoms with Gasteiger partial charge in [0, 0.05) is 5.75 Å². The molecule has 0 saturated carbocycles. The lowest BCUT2D eigenvalue weighted by atomic mass is 10.3. The molecule has 0 saturated heterocycles. The topological polar surface area (TPSA) is 18.5 Å². The van der Waals surface area contributed by atoms with Gasteiger partial charge >= 0.3 is 0 Å². The Morgan fingerprint density at radius 2 is 1.47 bits per heavy atom. The minimum atomic E-state index is 0.568.